The summed E-state index contributed by atoms with van der Waals surface area (Å²) in [5.74, 6) is 0.630. The number of ether oxygens (including phenoxy) is 1. The smallest absolute Gasteiger partial charge is 0.261 e. The summed E-state index contributed by atoms with van der Waals surface area (Å²) in [6.45, 7) is 5.47. The van der Waals surface area contributed by atoms with E-state index >= 15 is 4.39 Å². The lowest BCUT2D eigenvalue weighted by Gasteiger charge is -2.45. The zero-order valence-corrected chi connectivity index (χ0v) is 19.9. The van der Waals surface area contributed by atoms with Crippen LogP contribution in [-0.2, 0) is 4.74 Å². The molecule has 3 N–H and O–H groups in total. The number of aromatic amines is 2. The number of hydrogen-bond donors (Lipinski definition) is 3. The number of benzene rings is 1. The Morgan fingerprint density at radius 3 is 2.67 bits per heavy atom. The van der Waals surface area contributed by atoms with E-state index in [4.69, 9.17) is 4.74 Å². The van der Waals surface area contributed by atoms with E-state index in [1.54, 1.807) is 18.3 Å². The maximum absolute atomic E-state index is 15.6. The monoisotopic (exact) mass is 489 g/mol. The van der Waals surface area contributed by atoms with Gasteiger partial charge in [-0.1, -0.05) is 0 Å². The van der Waals surface area contributed by atoms with Gasteiger partial charge >= 0.3 is 0 Å². The summed E-state index contributed by atoms with van der Waals surface area (Å²) in [5, 5.41) is 4.33. The third-order valence-corrected chi connectivity index (χ3v) is 7.91. The molecule has 4 aliphatic rings. The second kappa shape index (κ2) is 8.56. The molecule has 3 aromatic heterocycles. The van der Waals surface area contributed by atoms with Gasteiger partial charge in [-0.2, -0.15) is 0 Å². The number of nitrogens with zero attached hydrogens (tertiary/aromatic N) is 4. The van der Waals surface area contributed by atoms with E-state index in [0.29, 0.717) is 71.5 Å². The highest BCUT2D eigenvalue weighted by Gasteiger charge is 2.35. The number of imidazole rings is 1. The quantitative estimate of drug-likeness (QED) is 0.405. The molecule has 4 aliphatic heterocycles. The molecule has 0 aliphatic carbocycles. The van der Waals surface area contributed by atoms with Gasteiger partial charge in [0.2, 0.25) is 0 Å². The third-order valence-electron chi connectivity index (χ3n) is 7.91. The molecule has 4 fully saturated rings. The second-order valence-electron chi connectivity index (χ2n) is 10.0. The molecule has 0 spiro atoms. The van der Waals surface area contributed by atoms with Gasteiger partial charge in [-0.15, -0.1) is 0 Å². The highest BCUT2D eigenvalue weighted by Crippen LogP contribution is 2.37. The van der Waals surface area contributed by atoms with Crippen LogP contribution in [0.15, 0.2) is 35.3 Å². The number of H-pyrrole nitrogens is 2. The van der Waals surface area contributed by atoms with Gasteiger partial charge in [0, 0.05) is 37.3 Å². The van der Waals surface area contributed by atoms with Gasteiger partial charge in [-0.05, 0) is 56.1 Å². The average Bonchev–Trinajstić information content (AvgIpc) is 3.34. The Labute approximate surface area is 206 Å². The molecule has 8 rings (SSSR count). The van der Waals surface area contributed by atoms with Crippen LogP contribution in [0.25, 0.3) is 33.5 Å². The highest BCUT2D eigenvalue weighted by molar-refractivity contribution is 6.00. The Morgan fingerprint density at radius 1 is 1.08 bits per heavy atom. The maximum Gasteiger partial charge on any atom is 0.261 e. The minimum Gasteiger partial charge on any atom is -0.379 e. The van der Waals surface area contributed by atoms with Crippen LogP contribution in [0.3, 0.4) is 0 Å². The van der Waals surface area contributed by atoms with Gasteiger partial charge < -0.3 is 29.8 Å². The van der Waals surface area contributed by atoms with Crippen molar-refractivity contribution in [1.82, 2.24) is 24.8 Å². The number of fused-ring (bicyclic) bond motifs is 5. The van der Waals surface area contributed by atoms with Crippen molar-refractivity contribution >= 4 is 33.4 Å². The Hall–Kier alpha value is -3.50. The molecular formula is C26H28FN7O2. The molecule has 7 heterocycles. The predicted molar refractivity (Wildman–Crippen MR) is 137 cm³/mol. The lowest BCUT2D eigenvalue weighted by molar-refractivity contribution is 0.0976. The van der Waals surface area contributed by atoms with Crippen LogP contribution in [0.4, 0.5) is 15.8 Å². The SMILES string of the molecule is O=c1[nH]c2cc(N3CCOCC3)c(F)cc2c(N[C@H]2CN3CCC2CC3)c1-c1nc2ncccc2[nH]1. The molecule has 0 radical (unpaired) electrons. The fraction of sp³-hybridized carbons (Fsp3) is 0.423. The first-order valence-electron chi connectivity index (χ1n) is 12.7. The molecule has 9 nitrogen and oxygen atoms in total. The van der Waals surface area contributed by atoms with Gasteiger partial charge in [0.25, 0.3) is 5.56 Å². The van der Waals surface area contributed by atoms with Crippen molar-refractivity contribution < 1.29 is 9.13 Å². The van der Waals surface area contributed by atoms with Gasteiger partial charge in [0.1, 0.15) is 17.2 Å². The molecule has 4 saturated heterocycles. The van der Waals surface area contributed by atoms with Crippen LogP contribution >= 0.6 is 0 Å². The lowest BCUT2D eigenvalue weighted by atomic mass is 9.83. The van der Waals surface area contributed by atoms with Crippen LogP contribution in [0, 0.1) is 11.7 Å². The van der Waals surface area contributed by atoms with Crippen LogP contribution < -0.4 is 15.8 Å². The number of anilines is 2. The van der Waals surface area contributed by atoms with E-state index in [2.05, 4.69) is 30.2 Å². The lowest BCUT2D eigenvalue weighted by Crippen LogP contribution is -2.53. The van der Waals surface area contributed by atoms with Gasteiger partial charge in [0.15, 0.2) is 5.65 Å². The van der Waals surface area contributed by atoms with Crippen molar-refractivity contribution in [2.45, 2.75) is 18.9 Å². The van der Waals surface area contributed by atoms with E-state index in [1.165, 1.54) is 0 Å². The fourth-order valence-corrected chi connectivity index (χ4v) is 6.01. The molecule has 186 valence electrons. The van der Waals surface area contributed by atoms with E-state index < -0.39 is 0 Å². The third kappa shape index (κ3) is 3.63. The van der Waals surface area contributed by atoms with Gasteiger partial charge in [-0.3, -0.25) is 4.79 Å². The fourth-order valence-electron chi connectivity index (χ4n) is 6.01. The molecule has 4 aromatic rings. The predicted octanol–water partition coefficient (Wildman–Crippen LogP) is 2.95. The van der Waals surface area contributed by atoms with Crippen molar-refractivity contribution in [3.63, 3.8) is 0 Å². The second-order valence-corrected chi connectivity index (χ2v) is 10.0. The number of halogens is 1. The summed E-state index contributed by atoms with van der Waals surface area (Å²) in [5.41, 5.74) is 3.10. The average molecular weight is 490 g/mol. The Morgan fingerprint density at radius 2 is 1.92 bits per heavy atom. The van der Waals surface area contributed by atoms with Crippen molar-refractivity contribution in [1.29, 1.82) is 0 Å². The number of pyridine rings is 2. The van der Waals surface area contributed by atoms with Crippen molar-refractivity contribution in [2.24, 2.45) is 5.92 Å². The van der Waals surface area contributed by atoms with Crippen molar-refractivity contribution in [3.8, 4) is 11.4 Å². The largest absolute Gasteiger partial charge is 0.379 e. The molecule has 1 aromatic carbocycles. The summed E-state index contributed by atoms with van der Waals surface area (Å²) in [4.78, 5) is 33.2. The molecule has 36 heavy (non-hydrogen) atoms. The number of morpholine rings is 1. The number of rotatable bonds is 4. The summed E-state index contributed by atoms with van der Waals surface area (Å²) in [6.07, 6.45) is 3.92. The number of aromatic nitrogens is 4. The molecule has 2 bridgehead atoms. The Kier molecular flexibility index (Phi) is 5.17. The van der Waals surface area contributed by atoms with Crippen LogP contribution in [0.5, 0.6) is 0 Å². The van der Waals surface area contributed by atoms with Crippen molar-refractivity contribution in [2.75, 3.05) is 56.2 Å². The zero-order chi connectivity index (χ0) is 24.2. The molecule has 0 amide bonds. The first-order valence-corrected chi connectivity index (χ1v) is 12.7. The minimum absolute atomic E-state index is 0.181. The van der Waals surface area contributed by atoms with Gasteiger partial charge in [-0.25, -0.2) is 14.4 Å². The number of piperidine rings is 3. The minimum atomic E-state index is -0.314. The van der Waals surface area contributed by atoms with Crippen LogP contribution in [0.2, 0.25) is 0 Å². The topological polar surface area (TPSA) is 102 Å². The Balaban J connectivity index is 1.41. The summed E-state index contributed by atoms with van der Waals surface area (Å²) < 4.78 is 21.0. The first-order chi connectivity index (χ1) is 17.6. The van der Waals surface area contributed by atoms with Crippen molar-refractivity contribution in [3.05, 3.63) is 46.6 Å². The molecular weight excluding hydrogens is 461 g/mol. The van der Waals surface area contributed by atoms with E-state index in [-0.39, 0.29) is 17.4 Å². The summed E-state index contributed by atoms with van der Waals surface area (Å²) in [6, 6.07) is 7.18. The van der Waals surface area contributed by atoms with E-state index in [0.717, 1.165) is 38.0 Å². The van der Waals surface area contributed by atoms with E-state index in [1.807, 2.05) is 17.0 Å². The maximum atomic E-state index is 15.6. The Bertz CT molecular complexity index is 1470. The zero-order valence-electron chi connectivity index (χ0n) is 19.9. The van der Waals surface area contributed by atoms with Gasteiger partial charge in [0.05, 0.1) is 35.6 Å². The number of nitrogens with one attached hydrogen (secondary N) is 3. The normalized spacial score (nSPS) is 24.0. The molecule has 1 atom stereocenters. The van der Waals surface area contributed by atoms with E-state index in [9.17, 15) is 4.79 Å². The van der Waals surface area contributed by atoms with Crippen LogP contribution in [0.1, 0.15) is 12.8 Å². The first kappa shape index (κ1) is 21.8. The molecule has 0 unspecified atom stereocenters. The number of hydrogen-bond acceptors (Lipinski definition) is 7. The standard InChI is InChI=1S/C26H28FN7O2/c27-17-12-16-19(13-21(17)34-8-10-36-11-9-34)31-26(35)22(25-30-18-2-1-5-28-24(18)32-25)23(16)29-20-14-33-6-3-15(20)4-7-33/h1-2,5,12-13,15,20H,3-4,6-11,14H2,(H,28,30,32)(H2,29,31,35)/t20-/m0/s1. The molecule has 0 saturated carbocycles. The molecule has 10 heteroatoms. The summed E-state index contributed by atoms with van der Waals surface area (Å²) in [7, 11) is 0. The highest BCUT2D eigenvalue weighted by atomic mass is 19.1. The summed E-state index contributed by atoms with van der Waals surface area (Å²) >= 11 is 0. The van der Waals surface area contributed by atoms with Crippen LogP contribution in [-0.4, -0.2) is 76.8 Å².